The van der Waals surface area contributed by atoms with Crippen LogP contribution in [0.2, 0.25) is 0 Å². The largest absolute Gasteiger partial charge is 0.379 e. The molecule has 3 aromatic rings. The van der Waals surface area contributed by atoms with Crippen LogP contribution in [-0.4, -0.2) is 42.3 Å². The van der Waals surface area contributed by atoms with Gasteiger partial charge in [0.1, 0.15) is 0 Å². The number of nitrogens with zero attached hydrogens (tertiary/aromatic N) is 2. The van der Waals surface area contributed by atoms with Crippen molar-refractivity contribution in [2.24, 2.45) is 0 Å². The van der Waals surface area contributed by atoms with E-state index in [1.165, 1.54) is 21.8 Å². The van der Waals surface area contributed by atoms with Crippen molar-refractivity contribution >= 4 is 21.8 Å². The summed E-state index contributed by atoms with van der Waals surface area (Å²) in [7, 11) is 0. The first-order chi connectivity index (χ1) is 11.4. The van der Waals surface area contributed by atoms with Crippen LogP contribution in [0.5, 0.6) is 0 Å². The summed E-state index contributed by atoms with van der Waals surface area (Å²) in [6.45, 7) is 5.20. The number of hydrogen-bond donors (Lipinski definition) is 0. The van der Waals surface area contributed by atoms with E-state index in [4.69, 9.17) is 4.74 Å². The van der Waals surface area contributed by atoms with Gasteiger partial charge < -0.3 is 9.30 Å². The van der Waals surface area contributed by atoms with Crippen molar-refractivity contribution in [3.8, 4) is 11.8 Å². The molecule has 116 valence electrons. The van der Waals surface area contributed by atoms with Gasteiger partial charge in [0, 0.05) is 34.9 Å². The molecule has 0 N–H and O–H groups in total. The zero-order valence-electron chi connectivity index (χ0n) is 13.2. The second-order valence-corrected chi connectivity index (χ2v) is 5.86. The zero-order valence-corrected chi connectivity index (χ0v) is 13.2. The average molecular weight is 304 g/mol. The van der Waals surface area contributed by atoms with Gasteiger partial charge in [-0.05, 0) is 12.1 Å². The molecule has 0 atom stereocenters. The van der Waals surface area contributed by atoms with Crippen LogP contribution in [-0.2, 0) is 11.3 Å². The summed E-state index contributed by atoms with van der Waals surface area (Å²) >= 11 is 0. The number of hydrogen-bond acceptors (Lipinski definition) is 2. The SMILES string of the molecule is C(#CCn1c2ccccc2c2ccccc21)CN1CCOCC1. The molecule has 0 amide bonds. The third-order valence-electron chi connectivity index (χ3n) is 4.45. The standard InChI is InChI=1S/C20H20N2O/c1-3-9-19-17(7-1)18-8-2-4-10-20(18)22(19)12-6-5-11-21-13-15-23-16-14-21/h1-4,7-10H,11-16H2. The smallest absolute Gasteiger partial charge is 0.0844 e. The number of rotatable bonds is 2. The van der Waals surface area contributed by atoms with Gasteiger partial charge in [0.05, 0.1) is 26.3 Å². The fraction of sp³-hybridized carbons (Fsp3) is 0.300. The van der Waals surface area contributed by atoms with Crippen molar-refractivity contribution in [3.63, 3.8) is 0 Å². The molecule has 2 aromatic carbocycles. The van der Waals surface area contributed by atoms with Crippen molar-refractivity contribution in [2.45, 2.75) is 6.54 Å². The van der Waals surface area contributed by atoms with Crippen molar-refractivity contribution < 1.29 is 4.74 Å². The summed E-state index contributed by atoms with van der Waals surface area (Å²) in [5.41, 5.74) is 2.52. The molecule has 0 unspecified atom stereocenters. The first kappa shape index (κ1) is 14.3. The van der Waals surface area contributed by atoms with Crippen LogP contribution in [0.1, 0.15) is 0 Å². The van der Waals surface area contributed by atoms with Crippen LogP contribution in [0.25, 0.3) is 21.8 Å². The zero-order chi connectivity index (χ0) is 15.5. The van der Waals surface area contributed by atoms with Crippen LogP contribution in [0.4, 0.5) is 0 Å². The molecule has 3 heteroatoms. The van der Waals surface area contributed by atoms with Gasteiger partial charge in [-0.3, -0.25) is 4.90 Å². The molecular formula is C20H20N2O. The maximum absolute atomic E-state index is 5.37. The van der Waals surface area contributed by atoms with Gasteiger partial charge in [0.2, 0.25) is 0 Å². The Kier molecular flexibility index (Phi) is 4.02. The molecule has 2 heterocycles. The monoisotopic (exact) mass is 304 g/mol. The van der Waals surface area contributed by atoms with E-state index < -0.39 is 0 Å². The van der Waals surface area contributed by atoms with Gasteiger partial charge in [0.25, 0.3) is 0 Å². The molecule has 1 aliphatic heterocycles. The lowest BCUT2D eigenvalue weighted by molar-refractivity contribution is 0.0443. The second kappa shape index (κ2) is 6.45. The summed E-state index contributed by atoms with van der Waals surface area (Å²) in [6, 6.07) is 17.1. The number of benzene rings is 2. The minimum atomic E-state index is 0.734. The van der Waals surface area contributed by atoms with Crippen molar-refractivity contribution in [1.29, 1.82) is 0 Å². The first-order valence-corrected chi connectivity index (χ1v) is 8.15. The average Bonchev–Trinajstić information content (AvgIpc) is 2.94. The lowest BCUT2D eigenvalue weighted by Crippen LogP contribution is -2.36. The lowest BCUT2D eigenvalue weighted by atomic mass is 10.2. The van der Waals surface area contributed by atoms with Gasteiger partial charge in [-0.25, -0.2) is 0 Å². The van der Waals surface area contributed by atoms with E-state index in [0.717, 1.165) is 39.4 Å². The number of morpholine rings is 1. The first-order valence-electron chi connectivity index (χ1n) is 8.15. The van der Waals surface area contributed by atoms with Crippen LogP contribution in [0, 0.1) is 11.8 Å². The highest BCUT2D eigenvalue weighted by molar-refractivity contribution is 6.07. The van der Waals surface area contributed by atoms with Crippen LogP contribution in [0.15, 0.2) is 48.5 Å². The van der Waals surface area contributed by atoms with E-state index in [2.05, 4.69) is 69.8 Å². The Labute approximate surface area is 136 Å². The highest BCUT2D eigenvalue weighted by Crippen LogP contribution is 2.28. The summed E-state index contributed by atoms with van der Waals surface area (Å²) in [6.07, 6.45) is 0. The molecule has 1 aliphatic rings. The van der Waals surface area contributed by atoms with E-state index >= 15 is 0 Å². The molecule has 0 saturated carbocycles. The van der Waals surface area contributed by atoms with Crippen LogP contribution < -0.4 is 0 Å². The molecular weight excluding hydrogens is 284 g/mol. The molecule has 0 bridgehead atoms. The summed E-state index contributed by atoms with van der Waals surface area (Å²) in [5.74, 6) is 6.67. The molecule has 23 heavy (non-hydrogen) atoms. The minimum Gasteiger partial charge on any atom is -0.379 e. The van der Waals surface area contributed by atoms with Crippen molar-refractivity contribution in [1.82, 2.24) is 9.47 Å². The quantitative estimate of drug-likeness (QED) is 0.677. The van der Waals surface area contributed by atoms with Crippen molar-refractivity contribution in [2.75, 3.05) is 32.8 Å². The predicted octanol–water partition coefficient (Wildman–Crippen LogP) is 3.13. The van der Waals surface area contributed by atoms with Crippen molar-refractivity contribution in [3.05, 3.63) is 48.5 Å². The fourth-order valence-corrected chi connectivity index (χ4v) is 3.24. The maximum atomic E-state index is 5.37. The normalized spacial score (nSPS) is 15.7. The number of ether oxygens (including phenoxy) is 1. The molecule has 1 fully saturated rings. The van der Waals surface area contributed by atoms with Crippen LogP contribution in [0.3, 0.4) is 0 Å². The minimum absolute atomic E-state index is 0.734. The van der Waals surface area contributed by atoms with E-state index in [-0.39, 0.29) is 0 Å². The molecule has 4 rings (SSSR count). The number of fused-ring (bicyclic) bond motifs is 3. The van der Waals surface area contributed by atoms with E-state index in [1.54, 1.807) is 0 Å². The predicted molar refractivity (Wildman–Crippen MR) is 94.5 cm³/mol. The van der Waals surface area contributed by atoms with Gasteiger partial charge in [-0.2, -0.15) is 0 Å². The van der Waals surface area contributed by atoms with Gasteiger partial charge in [0.15, 0.2) is 0 Å². The Morgan fingerprint density at radius 3 is 2.00 bits per heavy atom. The van der Waals surface area contributed by atoms with E-state index in [9.17, 15) is 0 Å². The van der Waals surface area contributed by atoms with Gasteiger partial charge in [-0.15, -0.1) is 0 Å². The maximum Gasteiger partial charge on any atom is 0.0844 e. The molecule has 0 aliphatic carbocycles. The highest BCUT2D eigenvalue weighted by atomic mass is 16.5. The summed E-state index contributed by atoms with van der Waals surface area (Å²) in [5, 5.41) is 2.61. The Bertz CT molecular complexity index is 825. The molecule has 0 spiro atoms. The third-order valence-corrected chi connectivity index (χ3v) is 4.45. The number of aromatic nitrogens is 1. The van der Waals surface area contributed by atoms with E-state index in [0.29, 0.717) is 0 Å². The molecule has 3 nitrogen and oxygen atoms in total. The topological polar surface area (TPSA) is 17.4 Å². The Balaban J connectivity index is 1.60. The fourth-order valence-electron chi connectivity index (χ4n) is 3.24. The third kappa shape index (κ3) is 2.84. The number of para-hydroxylation sites is 2. The lowest BCUT2D eigenvalue weighted by Gasteiger charge is -2.24. The summed E-state index contributed by atoms with van der Waals surface area (Å²) < 4.78 is 7.68. The Hall–Kier alpha value is -2.28. The molecule has 1 saturated heterocycles. The second-order valence-electron chi connectivity index (χ2n) is 5.86. The van der Waals surface area contributed by atoms with Gasteiger partial charge in [-0.1, -0.05) is 48.2 Å². The Morgan fingerprint density at radius 2 is 1.35 bits per heavy atom. The highest BCUT2D eigenvalue weighted by Gasteiger charge is 2.09. The molecule has 1 aromatic heterocycles. The van der Waals surface area contributed by atoms with Crippen LogP contribution >= 0.6 is 0 Å². The molecule has 0 radical (unpaired) electrons. The van der Waals surface area contributed by atoms with Gasteiger partial charge >= 0.3 is 0 Å². The van der Waals surface area contributed by atoms with E-state index in [1.807, 2.05) is 0 Å². The summed E-state index contributed by atoms with van der Waals surface area (Å²) in [4.78, 5) is 2.35. The Morgan fingerprint density at radius 1 is 0.783 bits per heavy atom.